The van der Waals surface area contributed by atoms with Crippen molar-refractivity contribution in [2.24, 2.45) is 5.41 Å². The van der Waals surface area contributed by atoms with Gasteiger partial charge in [-0.25, -0.2) is 0 Å². The van der Waals surface area contributed by atoms with Crippen molar-refractivity contribution in [3.63, 3.8) is 0 Å². The summed E-state index contributed by atoms with van der Waals surface area (Å²) >= 11 is 0. The van der Waals surface area contributed by atoms with E-state index in [1.165, 1.54) is 50.8 Å². The van der Waals surface area contributed by atoms with Crippen LogP contribution in [0.25, 0.3) is 0 Å². The summed E-state index contributed by atoms with van der Waals surface area (Å²) in [5.74, 6) is 0. The molecule has 0 aromatic heterocycles. The van der Waals surface area contributed by atoms with Gasteiger partial charge in [-0.2, -0.15) is 0 Å². The molecule has 1 N–H and O–H groups in total. The molecular weight excluding hydrogens is 222 g/mol. The van der Waals surface area contributed by atoms with E-state index in [0.717, 1.165) is 0 Å². The first kappa shape index (κ1) is 12.2. The second-order valence-corrected chi connectivity index (χ2v) is 6.07. The molecule has 0 radical (unpaired) electrons. The smallest absolute Gasteiger partial charge is 0.0628 e. The summed E-state index contributed by atoms with van der Waals surface area (Å²) in [4.78, 5) is 2.46. The fourth-order valence-corrected chi connectivity index (χ4v) is 3.76. The predicted octanol–water partition coefficient (Wildman–Crippen LogP) is 2.99. The Morgan fingerprint density at radius 1 is 1.06 bits per heavy atom. The van der Waals surface area contributed by atoms with Crippen LogP contribution in [0.2, 0.25) is 0 Å². The number of hydrogen-bond donors (Lipinski definition) is 1. The van der Waals surface area contributed by atoms with E-state index >= 15 is 0 Å². The zero-order chi connectivity index (χ0) is 12.4. The van der Waals surface area contributed by atoms with Crippen LogP contribution in [0.15, 0.2) is 30.3 Å². The van der Waals surface area contributed by atoms with Crippen LogP contribution in [-0.2, 0) is 0 Å². The summed E-state index contributed by atoms with van der Waals surface area (Å²) in [5.41, 5.74) is 1.85. The van der Waals surface area contributed by atoms with Gasteiger partial charge < -0.3 is 5.11 Å². The van der Waals surface area contributed by atoms with E-state index in [1.54, 1.807) is 0 Å². The second-order valence-electron chi connectivity index (χ2n) is 6.07. The van der Waals surface area contributed by atoms with Crippen LogP contribution in [0.5, 0.6) is 0 Å². The lowest BCUT2D eigenvalue weighted by molar-refractivity contribution is -0.0676. The fourth-order valence-electron chi connectivity index (χ4n) is 3.76. The van der Waals surface area contributed by atoms with Gasteiger partial charge in [0.2, 0.25) is 0 Å². The lowest BCUT2D eigenvalue weighted by atomic mass is 9.68. The first-order valence-corrected chi connectivity index (χ1v) is 7.23. The van der Waals surface area contributed by atoms with E-state index in [0.29, 0.717) is 5.41 Å². The number of aliphatic hydroxyl groups excluding tert-OH is 1. The van der Waals surface area contributed by atoms with E-state index in [1.807, 2.05) is 6.07 Å². The van der Waals surface area contributed by atoms with Crippen molar-refractivity contribution in [1.29, 1.82) is 0 Å². The van der Waals surface area contributed by atoms with Crippen molar-refractivity contribution < 1.29 is 5.11 Å². The van der Waals surface area contributed by atoms with Gasteiger partial charge in [0.05, 0.1) is 12.6 Å². The fraction of sp³-hybridized carbons (Fsp3) is 0.625. The molecule has 1 aliphatic carbocycles. The van der Waals surface area contributed by atoms with Crippen LogP contribution in [0.3, 0.4) is 0 Å². The number of benzene rings is 1. The lowest BCUT2D eigenvalue weighted by Crippen LogP contribution is -2.58. The van der Waals surface area contributed by atoms with Crippen LogP contribution < -0.4 is 0 Å². The zero-order valence-electron chi connectivity index (χ0n) is 11.0. The Morgan fingerprint density at radius 3 is 2.33 bits per heavy atom. The molecule has 18 heavy (non-hydrogen) atoms. The normalized spacial score (nSPS) is 24.7. The number of aliphatic hydroxyl groups is 1. The number of hydrogen-bond acceptors (Lipinski definition) is 2. The average Bonchev–Trinajstić information content (AvgIpc) is 2.40. The molecule has 2 nitrogen and oxygen atoms in total. The minimum atomic E-state index is 0.207. The predicted molar refractivity (Wildman–Crippen MR) is 73.4 cm³/mol. The molecule has 1 aliphatic heterocycles. The van der Waals surface area contributed by atoms with E-state index < -0.39 is 0 Å². The van der Waals surface area contributed by atoms with Gasteiger partial charge in [0.1, 0.15) is 0 Å². The van der Waals surface area contributed by atoms with Crippen molar-refractivity contribution in [2.75, 3.05) is 19.7 Å². The molecule has 1 aromatic rings. The monoisotopic (exact) mass is 245 g/mol. The number of likely N-dealkylation sites (tertiary alicyclic amines) is 1. The lowest BCUT2D eigenvalue weighted by Gasteiger charge is -2.55. The van der Waals surface area contributed by atoms with Crippen molar-refractivity contribution in [3.05, 3.63) is 35.9 Å². The van der Waals surface area contributed by atoms with E-state index in [4.69, 9.17) is 0 Å². The Bertz CT molecular complexity index is 375. The molecule has 1 spiro atoms. The molecule has 2 heteroatoms. The molecule has 1 saturated carbocycles. The van der Waals surface area contributed by atoms with Crippen molar-refractivity contribution in [1.82, 2.24) is 4.90 Å². The highest BCUT2D eigenvalue weighted by atomic mass is 16.3. The quantitative estimate of drug-likeness (QED) is 0.885. The Hall–Kier alpha value is -0.860. The summed E-state index contributed by atoms with van der Waals surface area (Å²) < 4.78 is 0. The highest BCUT2D eigenvalue weighted by molar-refractivity contribution is 5.20. The second kappa shape index (κ2) is 5.02. The zero-order valence-corrected chi connectivity index (χ0v) is 11.0. The molecule has 1 heterocycles. The third-order valence-corrected chi connectivity index (χ3v) is 4.79. The third kappa shape index (κ3) is 2.19. The maximum atomic E-state index is 9.66. The summed E-state index contributed by atoms with van der Waals surface area (Å²) in [6, 6.07) is 10.6. The van der Waals surface area contributed by atoms with Crippen molar-refractivity contribution in [3.8, 4) is 0 Å². The SMILES string of the molecule is OC[C@H](c1ccccc1)N1CC2(CCCCC2)C1. The minimum absolute atomic E-state index is 0.207. The standard InChI is InChI=1S/C16H23NO/c18-11-15(14-7-3-1-4-8-14)17-12-16(13-17)9-5-2-6-10-16/h1,3-4,7-8,15,18H,2,5-6,9-13H2/t15-/m1/s1. The van der Waals surface area contributed by atoms with Crippen LogP contribution in [0.1, 0.15) is 43.7 Å². The summed E-state index contributed by atoms with van der Waals surface area (Å²) in [6.45, 7) is 2.61. The largest absolute Gasteiger partial charge is 0.394 e. The molecule has 2 aliphatic rings. The highest BCUT2D eigenvalue weighted by Gasteiger charge is 2.45. The van der Waals surface area contributed by atoms with Gasteiger partial charge in [-0.3, -0.25) is 4.90 Å². The van der Waals surface area contributed by atoms with Gasteiger partial charge in [0.15, 0.2) is 0 Å². The molecule has 1 atom stereocenters. The van der Waals surface area contributed by atoms with Crippen LogP contribution in [0.4, 0.5) is 0 Å². The van der Waals surface area contributed by atoms with Crippen LogP contribution in [0, 0.1) is 5.41 Å². The van der Waals surface area contributed by atoms with Crippen molar-refractivity contribution >= 4 is 0 Å². The van der Waals surface area contributed by atoms with E-state index in [2.05, 4.69) is 29.2 Å². The number of nitrogens with zero attached hydrogens (tertiary/aromatic N) is 1. The Balaban J connectivity index is 1.65. The third-order valence-electron chi connectivity index (χ3n) is 4.79. The summed E-state index contributed by atoms with van der Waals surface area (Å²) in [5, 5.41) is 9.66. The van der Waals surface area contributed by atoms with E-state index in [-0.39, 0.29) is 12.6 Å². The number of rotatable bonds is 3. The van der Waals surface area contributed by atoms with Crippen LogP contribution in [-0.4, -0.2) is 29.7 Å². The molecule has 0 amide bonds. The van der Waals surface area contributed by atoms with Gasteiger partial charge in [-0.05, 0) is 23.8 Å². The molecule has 98 valence electrons. The van der Waals surface area contributed by atoms with E-state index in [9.17, 15) is 5.11 Å². The molecule has 2 fully saturated rings. The molecule has 3 rings (SSSR count). The Morgan fingerprint density at radius 2 is 1.72 bits per heavy atom. The van der Waals surface area contributed by atoms with Crippen molar-refractivity contribution in [2.45, 2.75) is 38.1 Å². The summed E-state index contributed by atoms with van der Waals surface area (Å²) in [6.07, 6.45) is 7.03. The van der Waals surface area contributed by atoms with Gasteiger partial charge >= 0.3 is 0 Å². The van der Waals surface area contributed by atoms with Gasteiger partial charge in [-0.15, -0.1) is 0 Å². The topological polar surface area (TPSA) is 23.5 Å². The first-order valence-electron chi connectivity index (χ1n) is 7.23. The molecular formula is C16H23NO. The van der Waals surface area contributed by atoms with Gasteiger partial charge in [-0.1, -0.05) is 49.6 Å². The van der Waals surface area contributed by atoms with Crippen LogP contribution >= 0.6 is 0 Å². The first-order chi connectivity index (χ1) is 8.83. The average molecular weight is 245 g/mol. The molecule has 1 aromatic carbocycles. The van der Waals surface area contributed by atoms with Gasteiger partial charge in [0, 0.05) is 13.1 Å². The molecule has 1 saturated heterocycles. The molecule has 0 unspecified atom stereocenters. The highest BCUT2D eigenvalue weighted by Crippen LogP contribution is 2.46. The van der Waals surface area contributed by atoms with Gasteiger partial charge in [0.25, 0.3) is 0 Å². The minimum Gasteiger partial charge on any atom is -0.394 e. The summed E-state index contributed by atoms with van der Waals surface area (Å²) in [7, 11) is 0. The Kier molecular flexibility index (Phi) is 3.40. The molecule has 0 bridgehead atoms. The maximum Gasteiger partial charge on any atom is 0.0628 e. The Labute approximate surface area is 110 Å². The maximum absolute atomic E-state index is 9.66.